The van der Waals surface area contributed by atoms with Crippen molar-refractivity contribution < 1.29 is 4.79 Å². The number of carbonyl (C=O) groups excluding carboxylic acids is 1. The lowest BCUT2D eigenvalue weighted by atomic mass is 10.1. The Morgan fingerprint density at radius 1 is 1.47 bits per heavy atom. The number of amides is 1. The fourth-order valence-corrected chi connectivity index (χ4v) is 1.74. The molecular formula is C12H18BrClN2O. The molecule has 0 aromatic heterocycles. The summed E-state index contributed by atoms with van der Waals surface area (Å²) in [5.41, 5.74) is 1.93. The molecule has 17 heavy (non-hydrogen) atoms. The lowest BCUT2D eigenvalue weighted by molar-refractivity contribution is -0.119. The standard InChI is InChI=1S/C12H17BrN2O.ClH/c1-8-4-5-10(13)6-11(8)15-12(16)9(2)7-14-3;/h4-6,9,14H,7H2,1-3H3,(H,15,16);1H. The fraction of sp³-hybridized carbons (Fsp3) is 0.417. The SMILES string of the molecule is CNCC(C)C(=O)Nc1cc(Br)ccc1C.Cl. The van der Waals surface area contributed by atoms with Crippen molar-refractivity contribution in [2.24, 2.45) is 5.92 Å². The van der Waals surface area contributed by atoms with Crippen molar-refractivity contribution in [1.29, 1.82) is 0 Å². The second-order valence-electron chi connectivity index (χ2n) is 3.91. The second kappa shape index (κ2) is 7.69. The number of hydrogen-bond donors (Lipinski definition) is 2. The van der Waals surface area contributed by atoms with Gasteiger partial charge in [0, 0.05) is 22.6 Å². The van der Waals surface area contributed by atoms with E-state index < -0.39 is 0 Å². The van der Waals surface area contributed by atoms with Gasteiger partial charge in [0.15, 0.2) is 0 Å². The van der Waals surface area contributed by atoms with Gasteiger partial charge in [0.2, 0.25) is 5.91 Å². The Bertz CT molecular complexity index is 385. The van der Waals surface area contributed by atoms with Gasteiger partial charge in [-0.05, 0) is 31.7 Å². The molecule has 0 saturated heterocycles. The number of aryl methyl sites for hydroxylation is 1. The number of rotatable bonds is 4. The van der Waals surface area contributed by atoms with E-state index in [1.807, 2.05) is 39.1 Å². The monoisotopic (exact) mass is 320 g/mol. The van der Waals surface area contributed by atoms with Crippen molar-refractivity contribution in [1.82, 2.24) is 5.32 Å². The summed E-state index contributed by atoms with van der Waals surface area (Å²) in [5.74, 6) is -0.000989. The Morgan fingerprint density at radius 3 is 2.71 bits per heavy atom. The van der Waals surface area contributed by atoms with Crippen molar-refractivity contribution >= 4 is 39.9 Å². The lowest BCUT2D eigenvalue weighted by Gasteiger charge is -2.13. The van der Waals surface area contributed by atoms with Gasteiger partial charge in [-0.15, -0.1) is 12.4 Å². The highest BCUT2D eigenvalue weighted by Crippen LogP contribution is 2.21. The van der Waals surface area contributed by atoms with E-state index in [9.17, 15) is 4.79 Å². The maximum atomic E-state index is 11.8. The molecule has 0 aliphatic carbocycles. The Labute approximate surface area is 117 Å². The molecule has 0 saturated carbocycles. The third-order valence-electron chi connectivity index (χ3n) is 2.42. The maximum Gasteiger partial charge on any atom is 0.228 e. The summed E-state index contributed by atoms with van der Waals surface area (Å²) >= 11 is 3.39. The van der Waals surface area contributed by atoms with Crippen LogP contribution in [0.3, 0.4) is 0 Å². The van der Waals surface area contributed by atoms with Gasteiger partial charge in [-0.25, -0.2) is 0 Å². The molecule has 2 N–H and O–H groups in total. The first kappa shape index (κ1) is 16.4. The Hall–Kier alpha value is -0.580. The lowest BCUT2D eigenvalue weighted by Crippen LogP contribution is -2.28. The van der Waals surface area contributed by atoms with Crippen LogP contribution in [0.5, 0.6) is 0 Å². The van der Waals surface area contributed by atoms with Crippen LogP contribution in [0.1, 0.15) is 12.5 Å². The van der Waals surface area contributed by atoms with Crippen LogP contribution in [0, 0.1) is 12.8 Å². The maximum absolute atomic E-state index is 11.8. The molecule has 1 rings (SSSR count). The summed E-state index contributed by atoms with van der Waals surface area (Å²) in [7, 11) is 1.84. The summed E-state index contributed by atoms with van der Waals surface area (Å²) in [6, 6.07) is 5.85. The third-order valence-corrected chi connectivity index (χ3v) is 2.91. The summed E-state index contributed by atoms with van der Waals surface area (Å²) in [6.45, 7) is 4.56. The van der Waals surface area contributed by atoms with Gasteiger partial charge in [-0.3, -0.25) is 4.79 Å². The van der Waals surface area contributed by atoms with E-state index in [1.165, 1.54) is 0 Å². The topological polar surface area (TPSA) is 41.1 Å². The molecular weight excluding hydrogens is 304 g/mol. The van der Waals surface area contributed by atoms with Crippen LogP contribution in [0.25, 0.3) is 0 Å². The zero-order valence-corrected chi connectivity index (χ0v) is 12.6. The molecule has 1 unspecified atom stereocenters. The van der Waals surface area contributed by atoms with Crippen molar-refractivity contribution in [3.8, 4) is 0 Å². The van der Waals surface area contributed by atoms with Gasteiger partial charge in [0.25, 0.3) is 0 Å². The van der Waals surface area contributed by atoms with Gasteiger partial charge in [0.1, 0.15) is 0 Å². The van der Waals surface area contributed by atoms with Gasteiger partial charge in [-0.2, -0.15) is 0 Å². The minimum absolute atomic E-state index is 0. The number of anilines is 1. The van der Waals surface area contributed by atoms with Gasteiger partial charge < -0.3 is 10.6 Å². The number of benzene rings is 1. The van der Waals surface area contributed by atoms with E-state index in [1.54, 1.807) is 0 Å². The second-order valence-corrected chi connectivity index (χ2v) is 4.82. The highest BCUT2D eigenvalue weighted by Gasteiger charge is 2.12. The molecule has 0 spiro atoms. The molecule has 96 valence electrons. The average molecular weight is 322 g/mol. The molecule has 0 bridgehead atoms. The molecule has 5 heteroatoms. The Kier molecular flexibility index (Phi) is 7.43. The third kappa shape index (κ3) is 5.06. The van der Waals surface area contributed by atoms with E-state index in [4.69, 9.17) is 0 Å². The first-order valence-corrected chi connectivity index (χ1v) is 6.05. The van der Waals surface area contributed by atoms with Crippen molar-refractivity contribution in [3.05, 3.63) is 28.2 Å². The molecule has 1 amide bonds. The largest absolute Gasteiger partial charge is 0.326 e. The van der Waals surface area contributed by atoms with Crippen LogP contribution < -0.4 is 10.6 Å². The van der Waals surface area contributed by atoms with Crippen LogP contribution in [0.4, 0.5) is 5.69 Å². The van der Waals surface area contributed by atoms with E-state index in [2.05, 4.69) is 26.6 Å². The van der Waals surface area contributed by atoms with E-state index in [-0.39, 0.29) is 24.2 Å². The zero-order chi connectivity index (χ0) is 12.1. The number of halogens is 2. The molecule has 3 nitrogen and oxygen atoms in total. The van der Waals surface area contributed by atoms with Gasteiger partial charge in [0.05, 0.1) is 0 Å². The summed E-state index contributed by atoms with van der Waals surface area (Å²) < 4.78 is 0.967. The molecule has 1 aromatic rings. The molecule has 1 atom stereocenters. The number of nitrogens with one attached hydrogen (secondary N) is 2. The number of hydrogen-bond acceptors (Lipinski definition) is 2. The van der Waals surface area contributed by atoms with Crippen molar-refractivity contribution in [3.63, 3.8) is 0 Å². The van der Waals surface area contributed by atoms with Crippen LogP contribution in [-0.2, 0) is 4.79 Å². The quantitative estimate of drug-likeness (QED) is 0.895. The van der Waals surface area contributed by atoms with Crippen LogP contribution in [0.15, 0.2) is 22.7 Å². The first-order valence-electron chi connectivity index (χ1n) is 5.26. The van der Waals surface area contributed by atoms with E-state index in [0.717, 1.165) is 15.7 Å². The van der Waals surface area contributed by atoms with Crippen LogP contribution in [0.2, 0.25) is 0 Å². The minimum Gasteiger partial charge on any atom is -0.326 e. The molecule has 0 heterocycles. The van der Waals surface area contributed by atoms with Gasteiger partial charge in [-0.1, -0.05) is 28.9 Å². The normalized spacial score (nSPS) is 11.5. The molecule has 0 aliphatic rings. The Balaban J connectivity index is 0.00000256. The highest BCUT2D eigenvalue weighted by molar-refractivity contribution is 9.10. The zero-order valence-electron chi connectivity index (χ0n) is 10.2. The molecule has 0 radical (unpaired) electrons. The summed E-state index contributed by atoms with van der Waals surface area (Å²) in [6.07, 6.45) is 0. The highest BCUT2D eigenvalue weighted by atomic mass is 79.9. The molecule has 0 aliphatic heterocycles. The predicted molar refractivity (Wildman–Crippen MR) is 77.8 cm³/mol. The predicted octanol–water partition coefficient (Wildman–Crippen LogP) is 2.97. The molecule has 1 aromatic carbocycles. The minimum atomic E-state index is -0.0385. The summed E-state index contributed by atoms with van der Waals surface area (Å²) in [4.78, 5) is 11.8. The summed E-state index contributed by atoms with van der Waals surface area (Å²) in [5, 5.41) is 5.92. The molecule has 0 fully saturated rings. The fourth-order valence-electron chi connectivity index (χ4n) is 1.38. The van der Waals surface area contributed by atoms with Crippen molar-refractivity contribution in [2.75, 3.05) is 18.9 Å². The Morgan fingerprint density at radius 2 is 2.12 bits per heavy atom. The van der Waals surface area contributed by atoms with Crippen molar-refractivity contribution in [2.45, 2.75) is 13.8 Å². The van der Waals surface area contributed by atoms with Crippen LogP contribution >= 0.6 is 28.3 Å². The average Bonchev–Trinajstić information content (AvgIpc) is 2.23. The smallest absolute Gasteiger partial charge is 0.228 e. The van der Waals surface area contributed by atoms with Gasteiger partial charge >= 0.3 is 0 Å². The first-order chi connectivity index (χ1) is 7.54. The van der Waals surface area contributed by atoms with Crippen LogP contribution in [-0.4, -0.2) is 19.5 Å². The van der Waals surface area contributed by atoms with E-state index in [0.29, 0.717) is 6.54 Å². The number of carbonyl (C=O) groups is 1. The van der Waals surface area contributed by atoms with E-state index >= 15 is 0 Å².